The molecule has 3 aromatic carbocycles. The van der Waals surface area contributed by atoms with Crippen molar-refractivity contribution in [1.29, 1.82) is 5.26 Å². The third kappa shape index (κ3) is 5.94. The van der Waals surface area contributed by atoms with E-state index in [-0.39, 0.29) is 33.5 Å². The second-order valence-corrected chi connectivity index (χ2v) is 13.9. The zero-order chi connectivity index (χ0) is 37.3. The Morgan fingerprint density at radius 2 is 1.81 bits per heavy atom. The average molecular weight is 743 g/mol. The molecule has 1 aromatic heterocycles. The minimum atomic E-state index is -4.81. The van der Waals surface area contributed by atoms with Gasteiger partial charge in [-0.25, -0.2) is 18.3 Å². The van der Waals surface area contributed by atoms with Gasteiger partial charge < -0.3 is 23.8 Å². The van der Waals surface area contributed by atoms with Crippen LogP contribution in [0.3, 0.4) is 0 Å². The number of fused-ring (bicyclic) bond motifs is 3. The van der Waals surface area contributed by atoms with Gasteiger partial charge in [0.25, 0.3) is 0 Å². The maximum atomic E-state index is 16.9. The molecule has 2 atom stereocenters. The minimum absolute atomic E-state index is 0.0265. The number of halogens is 6. The second-order valence-electron chi connectivity index (χ2n) is 13.6. The maximum Gasteiger partial charge on any atom is 0.410 e. The minimum Gasteiger partial charge on any atom is -0.480 e. The summed E-state index contributed by atoms with van der Waals surface area (Å²) in [5.41, 5.74) is -3.84. The van der Waals surface area contributed by atoms with Gasteiger partial charge in [-0.05, 0) is 39.2 Å². The summed E-state index contributed by atoms with van der Waals surface area (Å²) in [6.45, 7) is 3.81. The summed E-state index contributed by atoms with van der Waals surface area (Å²) >= 11 is 6.60. The highest BCUT2D eigenvalue weighted by Gasteiger charge is 2.54. The molecule has 10 nitrogen and oxygen atoms in total. The summed E-state index contributed by atoms with van der Waals surface area (Å²) in [5.74, 6) is -4.69. The fourth-order valence-corrected chi connectivity index (χ4v) is 7.21. The SMILES string of the molecule is CC(C)(C)OC(=O)N1CCC[C@H]1[C@@]1(c2ccccc2)Cc2c(cc(F)c(Cl)c2-c2c(C#N)cc3c(c2F)Oc2c(cnn(CC(F)(F)F)c2=O)O3)O1. The van der Waals surface area contributed by atoms with Crippen molar-refractivity contribution in [3.63, 3.8) is 0 Å². The number of alkyl halides is 3. The van der Waals surface area contributed by atoms with Gasteiger partial charge in [0.1, 0.15) is 29.8 Å². The highest BCUT2D eigenvalue weighted by atomic mass is 35.5. The second kappa shape index (κ2) is 12.4. The summed E-state index contributed by atoms with van der Waals surface area (Å²) in [6, 6.07) is 12.3. The maximum absolute atomic E-state index is 16.9. The molecule has 0 aliphatic carbocycles. The standard InChI is InChI=1S/C36H28ClF5N4O6/c1-34(2,3)52-33(48)45-11-7-10-25(45)35(19-8-5-4-6-9-19)14-20-22(51-35)13-21(38)28(37)27(20)26-18(15-43)12-23-30(29(26)39)50-31-24(49-23)16-44-46(32(31)47)17-36(40,41)42/h4-6,8-9,12-13,16,25H,7,10-11,14,17H2,1-3H3/t25-,35-/m0/s1. The van der Waals surface area contributed by atoms with Crippen molar-refractivity contribution in [2.45, 2.75) is 70.0 Å². The van der Waals surface area contributed by atoms with Crippen molar-refractivity contribution in [3.05, 3.63) is 92.4 Å². The quantitative estimate of drug-likeness (QED) is 0.169. The van der Waals surface area contributed by atoms with Crippen LogP contribution in [0.1, 0.15) is 50.3 Å². The number of carbonyl (C=O) groups is 1. The Bertz CT molecular complexity index is 2230. The number of amides is 1. The fraction of sp³-hybridized carbons (Fsp3) is 0.333. The molecule has 4 heterocycles. The molecule has 4 aromatic rings. The lowest BCUT2D eigenvalue weighted by Gasteiger charge is -2.40. The molecule has 7 rings (SSSR count). The van der Waals surface area contributed by atoms with Crippen LogP contribution in [0.4, 0.5) is 26.7 Å². The number of hydrogen-bond donors (Lipinski definition) is 0. The molecule has 1 saturated heterocycles. The monoisotopic (exact) mass is 742 g/mol. The Hall–Kier alpha value is -5.36. The van der Waals surface area contributed by atoms with Crippen molar-refractivity contribution in [1.82, 2.24) is 14.7 Å². The molecule has 1 fully saturated rings. The molecule has 0 unspecified atom stereocenters. The number of aromatic nitrogens is 2. The van der Waals surface area contributed by atoms with Crippen molar-refractivity contribution < 1.29 is 45.7 Å². The van der Waals surface area contributed by atoms with E-state index in [9.17, 15) is 28.0 Å². The van der Waals surface area contributed by atoms with E-state index in [0.29, 0.717) is 24.9 Å². The Balaban J connectivity index is 1.38. The molecule has 3 aliphatic rings. The first-order chi connectivity index (χ1) is 24.5. The third-order valence-electron chi connectivity index (χ3n) is 8.98. The van der Waals surface area contributed by atoms with Gasteiger partial charge in [-0.3, -0.25) is 4.79 Å². The molecule has 0 bridgehead atoms. The van der Waals surface area contributed by atoms with Crippen molar-refractivity contribution >= 4 is 17.7 Å². The van der Waals surface area contributed by atoms with Gasteiger partial charge in [0, 0.05) is 41.8 Å². The topological polar surface area (TPSA) is 116 Å². The van der Waals surface area contributed by atoms with E-state index < -0.39 is 86.8 Å². The van der Waals surface area contributed by atoms with Gasteiger partial charge in [0.05, 0.1) is 22.8 Å². The Labute approximate surface area is 297 Å². The van der Waals surface area contributed by atoms with Crippen LogP contribution in [-0.2, 0) is 23.3 Å². The predicted molar refractivity (Wildman–Crippen MR) is 175 cm³/mol. The van der Waals surface area contributed by atoms with E-state index in [1.165, 1.54) is 0 Å². The van der Waals surface area contributed by atoms with Crippen LogP contribution in [0.15, 0.2) is 53.5 Å². The zero-order valence-corrected chi connectivity index (χ0v) is 28.5. The first kappa shape index (κ1) is 35.1. The molecule has 0 N–H and O–H groups in total. The average Bonchev–Trinajstić information content (AvgIpc) is 3.72. The van der Waals surface area contributed by atoms with E-state index in [1.807, 2.05) is 6.07 Å². The summed E-state index contributed by atoms with van der Waals surface area (Å²) in [7, 11) is 0. The summed E-state index contributed by atoms with van der Waals surface area (Å²) in [6.07, 6.45) is -3.60. The van der Waals surface area contributed by atoms with Gasteiger partial charge in [0.15, 0.2) is 22.9 Å². The van der Waals surface area contributed by atoms with E-state index in [0.717, 1.165) is 18.3 Å². The number of ether oxygens (including phenoxy) is 4. The highest BCUT2D eigenvalue weighted by molar-refractivity contribution is 6.34. The lowest BCUT2D eigenvalue weighted by molar-refractivity contribution is -0.143. The van der Waals surface area contributed by atoms with Gasteiger partial charge in [0.2, 0.25) is 11.5 Å². The van der Waals surface area contributed by atoms with Crippen LogP contribution >= 0.6 is 11.6 Å². The van der Waals surface area contributed by atoms with Crippen molar-refractivity contribution in [3.8, 4) is 45.9 Å². The molecule has 0 spiro atoms. The van der Waals surface area contributed by atoms with Crippen LogP contribution in [0, 0.1) is 23.0 Å². The number of benzene rings is 3. The molecule has 270 valence electrons. The Morgan fingerprint density at radius 3 is 2.48 bits per heavy atom. The predicted octanol–water partition coefficient (Wildman–Crippen LogP) is 8.40. The first-order valence-corrected chi connectivity index (χ1v) is 16.4. The van der Waals surface area contributed by atoms with Crippen molar-refractivity contribution in [2.24, 2.45) is 0 Å². The largest absolute Gasteiger partial charge is 0.480 e. The molecule has 3 aliphatic heterocycles. The molecule has 1 amide bonds. The molecule has 0 radical (unpaired) electrons. The van der Waals surface area contributed by atoms with E-state index in [4.69, 9.17) is 30.5 Å². The summed E-state index contributed by atoms with van der Waals surface area (Å²) in [4.78, 5) is 28.0. The molecule has 52 heavy (non-hydrogen) atoms. The number of rotatable bonds is 4. The Kier molecular flexibility index (Phi) is 8.36. The number of nitriles is 1. The number of carbonyl (C=O) groups excluding carboxylic acids is 1. The van der Waals surface area contributed by atoms with Gasteiger partial charge >= 0.3 is 17.8 Å². The van der Waals surface area contributed by atoms with Gasteiger partial charge in [-0.15, -0.1) is 0 Å². The number of hydrogen-bond acceptors (Lipinski definition) is 8. The number of nitrogens with zero attached hydrogens (tertiary/aromatic N) is 4. The van der Waals surface area contributed by atoms with Gasteiger partial charge in [-0.2, -0.15) is 23.5 Å². The van der Waals surface area contributed by atoms with E-state index >= 15 is 8.78 Å². The van der Waals surface area contributed by atoms with Crippen LogP contribution in [-0.4, -0.2) is 45.1 Å². The molecule has 16 heteroatoms. The van der Waals surface area contributed by atoms with Crippen LogP contribution in [0.5, 0.6) is 28.7 Å². The molecule has 0 saturated carbocycles. The normalized spacial score (nSPS) is 19.1. The van der Waals surface area contributed by atoms with E-state index in [1.54, 1.807) is 56.0 Å². The van der Waals surface area contributed by atoms with Crippen LogP contribution in [0.2, 0.25) is 5.02 Å². The summed E-state index contributed by atoms with van der Waals surface area (Å²) in [5, 5.41) is 13.1. The third-order valence-corrected chi connectivity index (χ3v) is 9.35. The Morgan fingerprint density at radius 1 is 1.08 bits per heavy atom. The lowest BCUT2D eigenvalue weighted by Crippen LogP contribution is -2.53. The van der Waals surface area contributed by atoms with Crippen molar-refractivity contribution in [2.75, 3.05) is 6.54 Å². The fourth-order valence-electron chi connectivity index (χ4n) is 6.95. The van der Waals surface area contributed by atoms with Crippen LogP contribution < -0.4 is 19.8 Å². The smallest absolute Gasteiger partial charge is 0.410 e. The van der Waals surface area contributed by atoms with E-state index in [2.05, 4.69) is 5.10 Å². The lowest BCUT2D eigenvalue weighted by atomic mass is 9.79. The first-order valence-electron chi connectivity index (χ1n) is 16.1. The molecular weight excluding hydrogens is 715 g/mol. The number of likely N-dealkylation sites (tertiary alicyclic amines) is 1. The molecular formula is C36H28ClF5N4O6. The highest BCUT2D eigenvalue weighted by Crippen LogP contribution is 2.55. The van der Waals surface area contributed by atoms with Crippen LogP contribution in [0.25, 0.3) is 11.1 Å². The van der Waals surface area contributed by atoms with Gasteiger partial charge in [-0.1, -0.05) is 41.9 Å². The zero-order valence-electron chi connectivity index (χ0n) is 27.7. The summed E-state index contributed by atoms with van der Waals surface area (Å²) < 4.78 is 95.5.